The molecule has 110 valence electrons. The van der Waals surface area contributed by atoms with Crippen LogP contribution in [0, 0.1) is 13.8 Å². The highest BCUT2D eigenvalue weighted by Gasteiger charge is 2.06. The van der Waals surface area contributed by atoms with Crippen LogP contribution >= 0.6 is 0 Å². The second-order valence-corrected chi connectivity index (χ2v) is 5.27. The number of amides is 2. The summed E-state index contributed by atoms with van der Waals surface area (Å²) in [5.74, 6) is 0. The molecule has 0 aromatic heterocycles. The molecular weight excluding hydrogens is 262 g/mol. The molecule has 0 unspecified atom stereocenters. The molecule has 0 aliphatic rings. The summed E-state index contributed by atoms with van der Waals surface area (Å²) < 4.78 is 0. The Morgan fingerprint density at radius 2 is 1.62 bits per heavy atom. The van der Waals surface area contributed by atoms with E-state index in [1.54, 1.807) is 0 Å². The van der Waals surface area contributed by atoms with Crippen molar-refractivity contribution in [3.8, 4) is 0 Å². The van der Waals surface area contributed by atoms with Crippen LogP contribution in [0.4, 0.5) is 21.9 Å². The number of rotatable bonds is 3. The fourth-order valence-corrected chi connectivity index (χ4v) is 2.01. The van der Waals surface area contributed by atoms with Crippen LogP contribution in [0.3, 0.4) is 0 Å². The molecular formula is C17H21N3O. The highest BCUT2D eigenvalue weighted by atomic mass is 16.2. The number of nitrogens with one attached hydrogen (secondary N) is 2. The van der Waals surface area contributed by atoms with E-state index in [4.69, 9.17) is 0 Å². The standard InChI is InChI=1S/C17H21N3O/c1-12-6-5-7-16(13(12)2)19-17(21)18-14-8-10-15(11-9-14)20(3)4/h5-11H,1-4H3,(H2,18,19,21). The smallest absolute Gasteiger partial charge is 0.323 e. The fourth-order valence-electron chi connectivity index (χ4n) is 2.01. The van der Waals surface area contributed by atoms with Crippen LogP contribution < -0.4 is 15.5 Å². The molecule has 0 aliphatic carbocycles. The Labute approximate surface area is 125 Å². The van der Waals surface area contributed by atoms with Gasteiger partial charge in [0.25, 0.3) is 0 Å². The number of carbonyl (C=O) groups excluding carboxylic acids is 1. The molecule has 4 nitrogen and oxygen atoms in total. The van der Waals surface area contributed by atoms with Crippen molar-refractivity contribution in [3.05, 3.63) is 53.6 Å². The summed E-state index contributed by atoms with van der Waals surface area (Å²) in [7, 11) is 3.96. The van der Waals surface area contributed by atoms with Crippen molar-refractivity contribution < 1.29 is 4.79 Å². The van der Waals surface area contributed by atoms with Gasteiger partial charge in [0.15, 0.2) is 0 Å². The average Bonchev–Trinajstić information content (AvgIpc) is 2.44. The lowest BCUT2D eigenvalue weighted by atomic mass is 10.1. The molecule has 0 bridgehead atoms. The summed E-state index contributed by atoms with van der Waals surface area (Å²) in [6.07, 6.45) is 0. The Hall–Kier alpha value is -2.49. The number of aryl methyl sites for hydroxylation is 1. The van der Waals surface area contributed by atoms with Gasteiger partial charge in [0.2, 0.25) is 0 Å². The van der Waals surface area contributed by atoms with Gasteiger partial charge in [-0.15, -0.1) is 0 Å². The van der Waals surface area contributed by atoms with E-state index in [1.807, 2.05) is 75.3 Å². The molecule has 0 atom stereocenters. The molecule has 0 heterocycles. The topological polar surface area (TPSA) is 44.4 Å². The molecule has 2 N–H and O–H groups in total. The van der Waals surface area contributed by atoms with Crippen molar-refractivity contribution in [2.24, 2.45) is 0 Å². The van der Waals surface area contributed by atoms with Crippen LogP contribution in [0.5, 0.6) is 0 Å². The zero-order valence-electron chi connectivity index (χ0n) is 12.9. The molecule has 2 rings (SSSR count). The lowest BCUT2D eigenvalue weighted by Gasteiger charge is -2.14. The van der Waals surface area contributed by atoms with Gasteiger partial charge in [-0.25, -0.2) is 4.79 Å². The van der Waals surface area contributed by atoms with E-state index < -0.39 is 0 Å². The zero-order valence-corrected chi connectivity index (χ0v) is 12.9. The van der Waals surface area contributed by atoms with Crippen molar-refractivity contribution in [2.45, 2.75) is 13.8 Å². The van der Waals surface area contributed by atoms with Crippen LogP contribution in [-0.4, -0.2) is 20.1 Å². The second kappa shape index (κ2) is 6.31. The number of carbonyl (C=O) groups is 1. The number of benzene rings is 2. The van der Waals surface area contributed by atoms with Gasteiger partial charge in [0, 0.05) is 31.2 Å². The SMILES string of the molecule is Cc1cccc(NC(=O)Nc2ccc(N(C)C)cc2)c1C. The Morgan fingerprint density at radius 1 is 0.952 bits per heavy atom. The zero-order chi connectivity index (χ0) is 15.4. The third-order valence-electron chi connectivity index (χ3n) is 3.49. The van der Waals surface area contributed by atoms with E-state index in [9.17, 15) is 4.79 Å². The molecule has 0 saturated heterocycles. The maximum absolute atomic E-state index is 12.0. The maximum Gasteiger partial charge on any atom is 0.323 e. The predicted molar refractivity (Wildman–Crippen MR) is 89.3 cm³/mol. The number of hydrogen-bond donors (Lipinski definition) is 2. The van der Waals surface area contributed by atoms with Crippen LogP contribution in [0.15, 0.2) is 42.5 Å². The van der Waals surface area contributed by atoms with Crippen molar-refractivity contribution in [3.63, 3.8) is 0 Å². The Kier molecular flexibility index (Phi) is 4.48. The van der Waals surface area contributed by atoms with E-state index in [2.05, 4.69) is 10.6 Å². The third-order valence-corrected chi connectivity index (χ3v) is 3.49. The first kappa shape index (κ1) is 14.9. The molecule has 21 heavy (non-hydrogen) atoms. The van der Waals surface area contributed by atoms with E-state index in [-0.39, 0.29) is 6.03 Å². The number of urea groups is 1. The summed E-state index contributed by atoms with van der Waals surface area (Å²) >= 11 is 0. The minimum Gasteiger partial charge on any atom is -0.378 e. The summed E-state index contributed by atoms with van der Waals surface area (Å²) in [5.41, 5.74) is 4.93. The summed E-state index contributed by atoms with van der Waals surface area (Å²) in [6, 6.07) is 13.3. The van der Waals surface area contributed by atoms with Crippen LogP contribution in [0.1, 0.15) is 11.1 Å². The van der Waals surface area contributed by atoms with E-state index in [0.29, 0.717) is 0 Å². The number of anilines is 3. The monoisotopic (exact) mass is 283 g/mol. The molecule has 2 aromatic carbocycles. The maximum atomic E-state index is 12.0. The molecule has 0 aliphatic heterocycles. The first-order valence-corrected chi connectivity index (χ1v) is 6.89. The predicted octanol–water partition coefficient (Wildman–Crippen LogP) is 4.01. The van der Waals surface area contributed by atoms with Gasteiger partial charge in [0.1, 0.15) is 0 Å². The van der Waals surface area contributed by atoms with Crippen molar-refractivity contribution >= 4 is 23.1 Å². The summed E-state index contributed by atoms with van der Waals surface area (Å²) in [4.78, 5) is 14.0. The van der Waals surface area contributed by atoms with Gasteiger partial charge < -0.3 is 15.5 Å². The Morgan fingerprint density at radius 3 is 2.24 bits per heavy atom. The second-order valence-electron chi connectivity index (χ2n) is 5.27. The fraction of sp³-hybridized carbons (Fsp3) is 0.235. The van der Waals surface area contributed by atoms with Crippen LogP contribution in [0.25, 0.3) is 0 Å². The summed E-state index contributed by atoms with van der Waals surface area (Å²) in [6.45, 7) is 4.02. The van der Waals surface area contributed by atoms with Gasteiger partial charge in [-0.05, 0) is 55.3 Å². The van der Waals surface area contributed by atoms with Gasteiger partial charge in [-0.3, -0.25) is 0 Å². The highest BCUT2D eigenvalue weighted by molar-refractivity contribution is 6.00. The normalized spacial score (nSPS) is 10.1. The number of hydrogen-bond acceptors (Lipinski definition) is 2. The van der Waals surface area contributed by atoms with E-state index in [1.165, 1.54) is 0 Å². The summed E-state index contributed by atoms with van der Waals surface area (Å²) in [5, 5.41) is 5.71. The number of nitrogens with zero attached hydrogens (tertiary/aromatic N) is 1. The van der Waals surface area contributed by atoms with E-state index in [0.717, 1.165) is 28.2 Å². The van der Waals surface area contributed by atoms with Gasteiger partial charge in [-0.1, -0.05) is 12.1 Å². The van der Waals surface area contributed by atoms with Crippen LogP contribution in [0.2, 0.25) is 0 Å². The Balaban J connectivity index is 2.03. The largest absolute Gasteiger partial charge is 0.378 e. The minimum atomic E-state index is -0.235. The first-order valence-electron chi connectivity index (χ1n) is 6.89. The molecule has 0 radical (unpaired) electrons. The minimum absolute atomic E-state index is 0.235. The van der Waals surface area contributed by atoms with Gasteiger partial charge in [-0.2, -0.15) is 0 Å². The van der Waals surface area contributed by atoms with Crippen molar-refractivity contribution in [1.82, 2.24) is 0 Å². The van der Waals surface area contributed by atoms with Crippen molar-refractivity contribution in [1.29, 1.82) is 0 Å². The molecule has 0 spiro atoms. The Bertz CT molecular complexity index is 633. The lowest BCUT2D eigenvalue weighted by Crippen LogP contribution is -2.20. The molecule has 4 heteroatoms. The molecule has 2 aromatic rings. The van der Waals surface area contributed by atoms with Gasteiger partial charge in [0.05, 0.1) is 0 Å². The van der Waals surface area contributed by atoms with Crippen LogP contribution in [-0.2, 0) is 0 Å². The van der Waals surface area contributed by atoms with E-state index >= 15 is 0 Å². The molecule has 0 fully saturated rings. The average molecular weight is 283 g/mol. The first-order chi connectivity index (χ1) is 9.97. The molecule has 0 saturated carbocycles. The highest BCUT2D eigenvalue weighted by Crippen LogP contribution is 2.19. The third kappa shape index (κ3) is 3.75. The quantitative estimate of drug-likeness (QED) is 0.893. The lowest BCUT2D eigenvalue weighted by molar-refractivity contribution is 0.262. The van der Waals surface area contributed by atoms with Crippen molar-refractivity contribution in [2.75, 3.05) is 29.6 Å². The van der Waals surface area contributed by atoms with Gasteiger partial charge >= 0.3 is 6.03 Å². The molecule has 2 amide bonds.